The molecule has 6 nitrogen and oxygen atoms in total. The Balaban J connectivity index is 1.35. The van der Waals surface area contributed by atoms with E-state index in [1.54, 1.807) is 9.80 Å². The molecule has 2 aromatic carbocycles. The van der Waals surface area contributed by atoms with E-state index < -0.39 is 0 Å². The number of carbonyl (C=O) groups excluding carboxylic acids is 2. The largest absolute Gasteiger partial charge is 0.334 e. The number of carbonyl (C=O) groups is 2. The summed E-state index contributed by atoms with van der Waals surface area (Å²) in [4.78, 5) is 33.5. The summed E-state index contributed by atoms with van der Waals surface area (Å²) >= 11 is 1.48. The first-order chi connectivity index (χ1) is 14.5. The molecule has 1 aliphatic rings. The van der Waals surface area contributed by atoms with Gasteiger partial charge in [-0.15, -0.1) is 11.3 Å². The molecule has 1 aromatic heterocycles. The molecule has 1 N–H and O–H groups in total. The van der Waals surface area contributed by atoms with Crippen LogP contribution in [0.25, 0.3) is 10.6 Å². The second-order valence-electron chi connectivity index (χ2n) is 7.43. The summed E-state index contributed by atoms with van der Waals surface area (Å²) in [5, 5.41) is 5.60. The summed E-state index contributed by atoms with van der Waals surface area (Å²) < 4.78 is 0. The molecule has 1 aliphatic heterocycles. The number of rotatable bonds is 3. The summed E-state index contributed by atoms with van der Waals surface area (Å²) in [6.07, 6.45) is 0. The molecule has 3 aromatic rings. The molecule has 0 radical (unpaired) electrons. The van der Waals surface area contributed by atoms with E-state index in [-0.39, 0.29) is 11.9 Å². The first-order valence-corrected chi connectivity index (χ1v) is 10.8. The van der Waals surface area contributed by atoms with Gasteiger partial charge < -0.3 is 15.1 Å². The van der Waals surface area contributed by atoms with Crippen molar-refractivity contribution in [3.8, 4) is 10.6 Å². The number of nitrogens with zero attached hydrogens (tertiary/aromatic N) is 3. The molecular weight excluding hydrogens is 396 g/mol. The van der Waals surface area contributed by atoms with Crippen molar-refractivity contribution in [2.24, 2.45) is 0 Å². The quantitative estimate of drug-likeness (QED) is 0.682. The fourth-order valence-corrected chi connectivity index (χ4v) is 4.39. The number of nitrogens with one attached hydrogen (secondary N) is 1. The SMILES string of the molecule is Cc1cccc(NC(=O)N2CCN(C(=O)c3csc(-c4ccccc4C)n3)CC2)c1. The maximum Gasteiger partial charge on any atom is 0.321 e. The highest BCUT2D eigenvalue weighted by atomic mass is 32.1. The van der Waals surface area contributed by atoms with E-state index in [4.69, 9.17) is 0 Å². The predicted molar refractivity (Wildman–Crippen MR) is 120 cm³/mol. The zero-order valence-corrected chi connectivity index (χ0v) is 17.9. The molecule has 154 valence electrons. The van der Waals surface area contributed by atoms with Crippen LogP contribution in [0.3, 0.4) is 0 Å². The van der Waals surface area contributed by atoms with Crippen LogP contribution in [0.5, 0.6) is 0 Å². The Morgan fingerprint density at radius 3 is 2.43 bits per heavy atom. The van der Waals surface area contributed by atoms with Gasteiger partial charge in [0.15, 0.2) is 0 Å². The van der Waals surface area contributed by atoms with E-state index in [0.29, 0.717) is 31.9 Å². The number of amides is 3. The van der Waals surface area contributed by atoms with Crippen LogP contribution in [-0.4, -0.2) is 52.9 Å². The average molecular weight is 421 g/mol. The number of aromatic nitrogens is 1. The molecule has 0 unspecified atom stereocenters. The molecule has 0 aliphatic carbocycles. The van der Waals surface area contributed by atoms with Crippen LogP contribution in [0.4, 0.5) is 10.5 Å². The predicted octanol–water partition coefficient (Wildman–Crippen LogP) is 4.42. The molecular formula is C23H24N4O2S. The molecule has 2 heterocycles. The van der Waals surface area contributed by atoms with Gasteiger partial charge in [-0.05, 0) is 37.1 Å². The summed E-state index contributed by atoms with van der Waals surface area (Å²) in [5.41, 5.74) is 4.54. The van der Waals surface area contributed by atoms with Crippen molar-refractivity contribution in [2.45, 2.75) is 13.8 Å². The van der Waals surface area contributed by atoms with Crippen LogP contribution in [0.1, 0.15) is 21.6 Å². The van der Waals surface area contributed by atoms with Gasteiger partial charge in [-0.1, -0.05) is 36.4 Å². The summed E-state index contributed by atoms with van der Waals surface area (Å²) in [7, 11) is 0. The lowest BCUT2D eigenvalue weighted by atomic mass is 10.1. The summed E-state index contributed by atoms with van der Waals surface area (Å²) in [5.74, 6) is -0.0789. The van der Waals surface area contributed by atoms with Gasteiger partial charge in [0.2, 0.25) is 0 Å². The van der Waals surface area contributed by atoms with Crippen LogP contribution in [0.2, 0.25) is 0 Å². The molecule has 30 heavy (non-hydrogen) atoms. The molecule has 0 atom stereocenters. The van der Waals surface area contributed by atoms with E-state index in [1.165, 1.54) is 11.3 Å². The lowest BCUT2D eigenvalue weighted by Crippen LogP contribution is -2.51. The van der Waals surface area contributed by atoms with Gasteiger partial charge in [-0.2, -0.15) is 0 Å². The van der Waals surface area contributed by atoms with E-state index >= 15 is 0 Å². The molecule has 0 saturated carbocycles. The molecule has 7 heteroatoms. The number of thiazole rings is 1. The lowest BCUT2D eigenvalue weighted by Gasteiger charge is -2.34. The highest BCUT2D eigenvalue weighted by molar-refractivity contribution is 7.13. The van der Waals surface area contributed by atoms with Crippen molar-refractivity contribution in [3.63, 3.8) is 0 Å². The minimum absolute atomic E-state index is 0.0789. The Morgan fingerprint density at radius 1 is 0.967 bits per heavy atom. The third kappa shape index (κ3) is 4.36. The van der Waals surface area contributed by atoms with Crippen LogP contribution in [-0.2, 0) is 0 Å². The number of aryl methyl sites for hydroxylation is 2. The van der Waals surface area contributed by atoms with Gasteiger partial charge in [0.05, 0.1) is 0 Å². The van der Waals surface area contributed by atoms with Crippen LogP contribution in [0, 0.1) is 13.8 Å². The van der Waals surface area contributed by atoms with Crippen molar-refractivity contribution < 1.29 is 9.59 Å². The summed E-state index contributed by atoms with van der Waals surface area (Å²) in [6.45, 7) is 6.02. The van der Waals surface area contributed by atoms with Crippen molar-refractivity contribution >= 4 is 29.0 Å². The van der Waals surface area contributed by atoms with Gasteiger partial charge >= 0.3 is 6.03 Å². The molecule has 0 bridgehead atoms. The smallest absolute Gasteiger partial charge is 0.321 e. The van der Waals surface area contributed by atoms with Gasteiger partial charge in [-0.3, -0.25) is 4.79 Å². The maximum absolute atomic E-state index is 12.9. The molecule has 3 amide bonds. The highest BCUT2D eigenvalue weighted by Gasteiger charge is 2.26. The van der Waals surface area contributed by atoms with Crippen molar-refractivity contribution in [1.29, 1.82) is 0 Å². The standard InChI is InChI=1S/C23H24N4O2S/c1-16-6-5-8-18(14-16)24-23(29)27-12-10-26(11-13-27)22(28)20-15-30-21(25-20)19-9-4-3-7-17(19)2/h3-9,14-15H,10-13H2,1-2H3,(H,24,29). The average Bonchev–Trinajstić information content (AvgIpc) is 3.23. The van der Waals surface area contributed by atoms with Crippen molar-refractivity contribution in [3.05, 3.63) is 70.7 Å². The maximum atomic E-state index is 12.9. The van der Waals surface area contributed by atoms with Crippen LogP contribution in [0.15, 0.2) is 53.9 Å². The molecule has 4 rings (SSSR count). The second-order valence-corrected chi connectivity index (χ2v) is 8.29. The van der Waals surface area contributed by atoms with E-state index in [9.17, 15) is 9.59 Å². The normalized spacial score (nSPS) is 13.9. The first-order valence-electron chi connectivity index (χ1n) is 9.94. The zero-order valence-electron chi connectivity index (χ0n) is 17.1. The molecule has 1 saturated heterocycles. The monoisotopic (exact) mass is 420 g/mol. The van der Waals surface area contributed by atoms with Crippen molar-refractivity contribution in [1.82, 2.24) is 14.8 Å². The Kier molecular flexibility index (Phi) is 5.81. The number of piperazine rings is 1. The minimum Gasteiger partial charge on any atom is -0.334 e. The molecule has 1 fully saturated rings. The number of benzene rings is 2. The van der Waals surface area contributed by atoms with Crippen molar-refractivity contribution in [2.75, 3.05) is 31.5 Å². The van der Waals surface area contributed by atoms with Crippen LogP contribution < -0.4 is 5.32 Å². The fourth-order valence-electron chi connectivity index (χ4n) is 3.51. The Labute approximate surface area is 180 Å². The number of urea groups is 1. The second kappa shape index (κ2) is 8.67. The third-order valence-electron chi connectivity index (χ3n) is 5.22. The lowest BCUT2D eigenvalue weighted by molar-refractivity contribution is 0.0667. The van der Waals surface area contributed by atoms with Gasteiger partial charge in [0, 0.05) is 42.8 Å². The topological polar surface area (TPSA) is 65.5 Å². The third-order valence-corrected chi connectivity index (χ3v) is 6.10. The van der Waals surface area contributed by atoms with E-state index in [0.717, 1.165) is 27.4 Å². The Hall–Kier alpha value is -3.19. The van der Waals surface area contributed by atoms with Gasteiger partial charge in [0.1, 0.15) is 10.7 Å². The van der Waals surface area contributed by atoms with Gasteiger partial charge in [-0.25, -0.2) is 9.78 Å². The molecule has 0 spiro atoms. The van der Waals surface area contributed by atoms with Crippen LogP contribution >= 0.6 is 11.3 Å². The Morgan fingerprint density at radius 2 is 1.70 bits per heavy atom. The zero-order chi connectivity index (χ0) is 21.1. The first kappa shape index (κ1) is 20.1. The highest BCUT2D eigenvalue weighted by Crippen LogP contribution is 2.27. The number of hydrogen-bond acceptors (Lipinski definition) is 4. The Bertz CT molecular complexity index is 1070. The van der Waals surface area contributed by atoms with E-state index in [2.05, 4.69) is 10.3 Å². The number of anilines is 1. The minimum atomic E-state index is -0.136. The van der Waals surface area contributed by atoms with Gasteiger partial charge in [0.25, 0.3) is 5.91 Å². The van der Waals surface area contributed by atoms with E-state index in [1.807, 2.05) is 67.8 Å². The fraction of sp³-hybridized carbons (Fsp3) is 0.261. The summed E-state index contributed by atoms with van der Waals surface area (Å²) in [6, 6.07) is 15.6. The number of hydrogen-bond donors (Lipinski definition) is 1.